The SMILES string of the molecule is C=Cc1ccc(-n2ccc(N)n2)cc1CCC. The first-order valence-corrected chi connectivity index (χ1v) is 5.81. The third kappa shape index (κ3) is 2.38. The summed E-state index contributed by atoms with van der Waals surface area (Å²) in [5, 5.41) is 4.21. The maximum absolute atomic E-state index is 5.62. The summed E-state index contributed by atoms with van der Waals surface area (Å²) in [6.45, 7) is 6.01. The molecule has 2 rings (SSSR count). The van der Waals surface area contributed by atoms with Crippen molar-refractivity contribution in [2.45, 2.75) is 19.8 Å². The summed E-state index contributed by atoms with van der Waals surface area (Å²) in [5.41, 5.74) is 9.15. The van der Waals surface area contributed by atoms with Gasteiger partial charge in [-0.2, -0.15) is 5.10 Å². The molecule has 3 nitrogen and oxygen atoms in total. The number of nitrogens with zero attached hydrogens (tertiary/aromatic N) is 2. The van der Waals surface area contributed by atoms with E-state index in [2.05, 4.69) is 30.7 Å². The predicted octanol–water partition coefficient (Wildman–Crippen LogP) is 3.05. The van der Waals surface area contributed by atoms with E-state index in [1.807, 2.05) is 18.3 Å². The van der Waals surface area contributed by atoms with Crippen LogP contribution in [-0.4, -0.2) is 9.78 Å². The summed E-state index contributed by atoms with van der Waals surface area (Å²) < 4.78 is 1.79. The van der Waals surface area contributed by atoms with E-state index < -0.39 is 0 Å². The molecule has 0 atom stereocenters. The molecule has 0 aliphatic rings. The Labute approximate surface area is 102 Å². The molecule has 1 aromatic carbocycles. The second kappa shape index (κ2) is 4.87. The van der Waals surface area contributed by atoms with Crippen molar-refractivity contribution in [1.29, 1.82) is 0 Å². The molecule has 2 N–H and O–H groups in total. The zero-order chi connectivity index (χ0) is 12.3. The van der Waals surface area contributed by atoms with Crippen molar-refractivity contribution >= 4 is 11.9 Å². The Morgan fingerprint density at radius 3 is 2.82 bits per heavy atom. The lowest BCUT2D eigenvalue weighted by atomic mass is 10.0. The van der Waals surface area contributed by atoms with E-state index in [0.29, 0.717) is 5.82 Å². The van der Waals surface area contributed by atoms with Crippen LogP contribution in [0.3, 0.4) is 0 Å². The van der Waals surface area contributed by atoms with Crippen molar-refractivity contribution in [3.05, 3.63) is 48.2 Å². The Hall–Kier alpha value is -2.03. The van der Waals surface area contributed by atoms with E-state index in [9.17, 15) is 0 Å². The molecule has 0 fully saturated rings. The minimum atomic E-state index is 0.537. The first-order chi connectivity index (χ1) is 8.24. The average molecular weight is 227 g/mol. The number of hydrogen-bond donors (Lipinski definition) is 1. The number of nitrogen functional groups attached to an aromatic ring is 1. The fourth-order valence-electron chi connectivity index (χ4n) is 1.90. The molecule has 0 saturated heterocycles. The third-order valence-electron chi connectivity index (χ3n) is 2.74. The highest BCUT2D eigenvalue weighted by atomic mass is 15.3. The molecule has 1 aromatic heterocycles. The van der Waals surface area contributed by atoms with Gasteiger partial charge in [0.1, 0.15) is 5.82 Å². The van der Waals surface area contributed by atoms with Crippen molar-refractivity contribution in [2.24, 2.45) is 0 Å². The number of aryl methyl sites for hydroxylation is 1. The molecule has 0 saturated carbocycles. The van der Waals surface area contributed by atoms with Crippen molar-refractivity contribution in [2.75, 3.05) is 5.73 Å². The Morgan fingerprint density at radius 2 is 2.24 bits per heavy atom. The van der Waals surface area contributed by atoms with E-state index >= 15 is 0 Å². The summed E-state index contributed by atoms with van der Waals surface area (Å²) in [4.78, 5) is 0. The third-order valence-corrected chi connectivity index (χ3v) is 2.74. The summed E-state index contributed by atoms with van der Waals surface area (Å²) in [7, 11) is 0. The number of benzene rings is 1. The normalized spacial score (nSPS) is 10.4. The van der Waals surface area contributed by atoms with E-state index in [1.165, 1.54) is 11.1 Å². The quantitative estimate of drug-likeness (QED) is 0.872. The van der Waals surface area contributed by atoms with Crippen LogP contribution in [0, 0.1) is 0 Å². The van der Waals surface area contributed by atoms with Gasteiger partial charge in [0.2, 0.25) is 0 Å². The standard InChI is InChI=1S/C14H17N3/c1-3-5-12-10-13(7-6-11(12)4-2)17-9-8-14(15)16-17/h4,6-10H,2-3,5H2,1H3,(H2,15,16). The highest BCUT2D eigenvalue weighted by Crippen LogP contribution is 2.18. The van der Waals surface area contributed by atoms with Gasteiger partial charge in [0.25, 0.3) is 0 Å². The van der Waals surface area contributed by atoms with Crippen molar-refractivity contribution < 1.29 is 0 Å². The van der Waals surface area contributed by atoms with E-state index in [1.54, 1.807) is 10.7 Å². The van der Waals surface area contributed by atoms with Crippen LogP contribution in [0.1, 0.15) is 24.5 Å². The molecule has 0 bridgehead atoms. The molecule has 0 radical (unpaired) electrons. The van der Waals surface area contributed by atoms with Gasteiger partial charge in [0, 0.05) is 12.3 Å². The monoisotopic (exact) mass is 227 g/mol. The van der Waals surface area contributed by atoms with Gasteiger partial charge in [-0.15, -0.1) is 0 Å². The Morgan fingerprint density at radius 1 is 1.41 bits per heavy atom. The van der Waals surface area contributed by atoms with Crippen molar-refractivity contribution in [3.8, 4) is 5.69 Å². The van der Waals surface area contributed by atoms with Gasteiger partial charge in [0.15, 0.2) is 0 Å². The Bertz CT molecular complexity index is 526. The lowest BCUT2D eigenvalue weighted by Crippen LogP contribution is -1.98. The van der Waals surface area contributed by atoms with Crippen LogP contribution < -0.4 is 5.73 Å². The van der Waals surface area contributed by atoms with Crippen molar-refractivity contribution in [3.63, 3.8) is 0 Å². The predicted molar refractivity (Wildman–Crippen MR) is 72.1 cm³/mol. The van der Waals surface area contributed by atoms with Crippen LogP contribution in [0.5, 0.6) is 0 Å². The van der Waals surface area contributed by atoms with Crippen LogP contribution in [0.2, 0.25) is 0 Å². The molecule has 0 unspecified atom stereocenters. The summed E-state index contributed by atoms with van der Waals surface area (Å²) in [5.74, 6) is 0.537. The molecule has 0 aliphatic carbocycles. The van der Waals surface area contributed by atoms with Crippen LogP contribution in [-0.2, 0) is 6.42 Å². The topological polar surface area (TPSA) is 43.8 Å². The molecule has 0 amide bonds. The van der Waals surface area contributed by atoms with E-state index in [4.69, 9.17) is 5.73 Å². The summed E-state index contributed by atoms with van der Waals surface area (Å²) in [6, 6.07) is 8.04. The van der Waals surface area contributed by atoms with Gasteiger partial charge < -0.3 is 5.73 Å². The minimum Gasteiger partial charge on any atom is -0.382 e. The van der Waals surface area contributed by atoms with Gasteiger partial charge in [-0.05, 0) is 29.7 Å². The maximum Gasteiger partial charge on any atom is 0.145 e. The Kier molecular flexibility index (Phi) is 3.28. The fraction of sp³-hybridized carbons (Fsp3) is 0.214. The van der Waals surface area contributed by atoms with Gasteiger partial charge in [-0.3, -0.25) is 0 Å². The molecule has 0 aliphatic heterocycles. The molecular formula is C14H17N3. The van der Waals surface area contributed by atoms with Crippen molar-refractivity contribution in [1.82, 2.24) is 9.78 Å². The van der Waals surface area contributed by atoms with Gasteiger partial charge in [-0.1, -0.05) is 32.1 Å². The fourth-order valence-corrected chi connectivity index (χ4v) is 1.90. The second-order valence-electron chi connectivity index (χ2n) is 4.02. The minimum absolute atomic E-state index is 0.537. The van der Waals surface area contributed by atoms with Crippen LogP contribution >= 0.6 is 0 Å². The van der Waals surface area contributed by atoms with Crippen LogP contribution in [0.15, 0.2) is 37.0 Å². The van der Waals surface area contributed by atoms with E-state index in [-0.39, 0.29) is 0 Å². The van der Waals surface area contributed by atoms with Gasteiger partial charge in [-0.25, -0.2) is 4.68 Å². The summed E-state index contributed by atoms with van der Waals surface area (Å²) in [6.07, 6.45) is 5.93. The lowest BCUT2D eigenvalue weighted by Gasteiger charge is -2.08. The lowest BCUT2D eigenvalue weighted by molar-refractivity contribution is 0.872. The van der Waals surface area contributed by atoms with Crippen LogP contribution in [0.4, 0.5) is 5.82 Å². The molecule has 88 valence electrons. The van der Waals surface area contributed by atoms with E-state index in [0.717, 1.165) is 18.5 Å². The molecule has 1 heterocycles. The molecule has 0 spiro atoms. The summed E-state index contributed by atoms with van der Waals surface area (Å²) >= 11 is 0. The molecule has 17 heavy (non-hydrogen) atoms. The average Bonchev–Trinajstić information content (AvgIpc) is 2.76. The number of nitrogens with two attached hydrogens (primary N) is 1. The first kappa shape index (κ1) is 11.5. The largest absolute Gasteiger partial charge is 0.382 e. The Balaban J connectivity index is 2.42. The zero-order valence-electron chi connectivity index (χ0n) is 10.1. The number of hydrogen-bond acceptors (Lipinski definition) is 2. The van der Waals surface area contributed by atoms with Gasteiger partial charge in [0.05, 0.1) is 5.69 Å². The number of aromatic nitrogens is 2. The highest BCUT2D eigenvalue weighted by Gasteiger charge is 2.03. The maximum atomic E-state index is 5.62. The first-order valence-electron chi connectivity index (χ1n) is 5.81. The second-order valence-corrected chi connectivity index (χ2v) is 4.02. The number of rotatable bonds is 4. The smallest absolute Gasteiger partial charge is 0.145 e. The zero-order valence-corrected chi connectivity index (χ0v) is 10.1. The number of anilines is 1. The highest BCUT2D eigenvalue weighted by molar-refractivity contribution is 5.55. The van der Waals surface area contributed by atoms with Crippen LogP contribution in [0.25, 0.3) is 11.8 Å². The molecular weight excluding hydrogens is 210 g/mol. The molecule has 3 heteroatoms. The van der Waals surface area contributed by atoms with Gasteiger partial charge >= 0.3 is 0 Å². The molecule has 2 aromatic rings.